The van der Waals surface area contributed by atoms with Crippen LogP contribution in [0.4, 0.5) is 5.69 Å². The molecule has 0 saturated heterocycles. The quantitative estimate of drug-likeness (QED) is 0.764. The van der Waals surface area contributed by atoms with Crippen molar-refractivity contribution >= 4 is 17.0 Å². The van der Waals surface area contributed by atoms with Crippen LogP contribution in [0.5, 0.6) is 0 Å². The lowest BCUT2D eigenvalue weighted by Crippen LogP contribution is -1.87. The molecule has 0 saturated carbocycles. The number of nitrogens with zero attached hydrogens (tertiary/aromatic N) is 1. The van der Waals surface area contributed by atoms with Crippen molar-refractivity contribution in [3.63, 3.8) is 0 Å². The molecule has 1 aromatic heterocycles. The fourth-order valence-corrected chi connectivity index (χ4v) is 2.19. The van der Waals surface area contributed by atoms with E-state index in [1.807, 2.05) is 30.5 Å². The first kappa shape index (κ1) is 9.21. The first-order chi connectivity index (χ1) is 6.81. The van der Waals surface area contributed by atoms with Gasteiger partial charge in [-0.1, -0.05) is 19.1 Å². The van der Waals surface area contributed by atoms with Gasteiger partial charge in [0, 0.05) is 22.3 Å². The molecule has 72 valence electrons. The molecule has 0 unspecified atom stereocenters. The zero-order valence-corrected chi connectivity index (χ0v) is 8.84. The lowest BCUT2D eigenvalue weighted by atomic mass is 10.2. The smallest absolute Gasteiger partial charge is 0.125 e. The fourth-order valence-electron chi connectivity index (χ4n) is 1.29. The Morgan fingerprint density at radius 2 is 2.14 bits per heavy atom. The van der Waals surface area contributed by atoms with Crippen LogP contribution in [0.25, 0.3) is 10.6 Å². The van der Waals surface area contributed by atoms with E-state index in [2.05, 4.69) is 11.9 Å². The molecule has 0 radical (unpaired) electrons. The topological polar surface area (TPSA) is 38.9 Å². The number of rotatable bonds is 2. The zero-order chi connectivity index (χ0) is 9.97. The van der Waals surface area contributed by atoms with Crippen molar-refractivity contribution in [2.75, 3.05) is 5.73 Å². The van der Waals surface area contributed by atoms with Crippen LogP contribution in [0.2, 0.25) is 0 Å². The summed E-state index contributed by atoms with van der Waals surface area (Å²) in [7, 11) is 0. The van der Waals surface area contributed by atoms with E-state index in [0.29, 0.717) is 0 Å². The third kappa shape index (κ3) is 1.63. The van der Waals surface area contributed by atoms with Crippen LogP contribution in [-0.4, -0.2) is 4.98 Å². The van der Waals surface area contributed by atoms with E-state index in [-0.39, 0.29) is 0 Å². The summed E-state index contributed by atoms with van der Waals surface area (Å²) in [5.74, 6) is 0. The van der Waals surface area contributed by atoms with Gasteiger partial charge in [0.25, 0.3) is 0 Å². The van der Waals surface area contributed by atoms with E-state index in [9.17, 15) is 0 Å². The largest absolute Gasteiger partial charge is 0.398 e. The van der Waals surface area contributed by atoms with Gasteiger partial charge in [0.05, 0.1) is 0 Å². The van der Waals surface area contributed by atoms with Crippen LogP contribution in [0.1, 0.15) is 11.8 Å². The van der Waals surface area contributed by atoms with Gasteiger partial charge >= 0.3 is 0 Å². The maximum atomic E-state index is 5.87. The molecule has 2 rings (SSSR count). The van der Waals surface area contributed by atoms with Gasteiger partial charge in [0.1, 0.15) is 5.01 Å². The molecule has 0 aliphatic carbocycles. The van der Waals surface area contributed by atoms with Crippen LogP contribution in [0.3, 0.4) is 0 Å². The summed E-state index contributed by atoms with van der Waals surface area (Å²) in [5.41, 5.74) is 7.70. The fraction of sp³-hybridized carbons (Fsp3) is 0.182. The van der Waals surface area contributed by atoms with Gasteiger partial charge in [0.15, 0.2) is 0 Å². The number of hydrogen-bond acceptors (Lipinski definition) is 3. The molecule has 0 aliphatic rings. The number of anilines is 1. The second-order valence-corrected chi connectivity index (χ2v) is 4.19. The van der Waals surface area contributed by atoms with Crippen molar-refractivity contribution in [1.29, 1.82) is 0 Å². The minimum absolute atomic E-state index is 0.796. The normalized spacial score (nSPS) is 10.4. The summed E-state index contributed by atoms with van der Waals surface area (Å²) in [6.07, 6.45) is 2.96. The summed E-state index contributed by atoms with van der Waals surface area (Å²) in [5, 5.41) is 1.01. The SMILES string of the molecule is CCc1cnc(-c2ccccc2N)s1. The van der Waals surface area contributed by atoms with E-state index in [0.717, 1.165) is 22.7 Å². The molecular formula is C11H12N2S. The number of para-hydroxylation sites is 1. The molecule has 14 heavy (non-hydrogen) atoms. The van der Waals surface area contributed by atoms with Gasteiger partial charge in [-0.05, 0) is 18.6 Å². The van der Waals surface area contributed by atoms with Gasteiger partial charge in [0.2, 0.25) is 0 Å². The molecule has 0 amide bonds. The van der Waals surface area contributed by atoms with Crippen molar-refractivity contribution in [2.24, 2.45) is 0 Å². The Morgan fingerprint density at radius 3 is 2.79 bits per heavy atom. The van der Waals surface area contributed by atoms with Gasteiger partial charge in [-0.2, -0.15) is 0 Å². The molecule has 0 fully saturated rings. The number of aryl methyl sites for hydroxylation is 1. The minimum Gasteiger partial charge on any atom is -0.398 e. The average Bonchev–Trinajstić information content (AvgIpc) is 2.67. The number of aromatic nitrogens is 1. The molecule has 0 aliphatic heterocycles. The number of benzene rings is 1. The molecular weight excluding hydrogens is 192 g/mol. The zero-order valence-electron chi connectivity index (χ0n) is 8.03. The Balaban J connectivity index is 2.44. The molecule has 0 spiro atoms. The minimum atomic E-state index is 0.796. The van der Waals surface area contributed by atoms with Crippen LogP contribution in [0.15, 0.2) is 30.5 Å². The third-order valence-corrected chi connectivity index (χ3v) is 3.27. The van der Waals surface area contributed by atoms with Crippen LogP contribution < -0.4 is 5.73 Å². The number of nitrogen functional groups attached to an aromatic ring is 1. The predicted octanol–water partition coefficient (Wildman–Crippen LogP) is 2.95. The van der Waals surface area contributed by atoms with E-state index >= 15 is 0 Å². The first-order valence-corrected chi connectivity index (χ1v) is 5.42. The highest BCUT2D eigenvalue weighted by atomic mass is 32.1. The molecule has 1 aromatic carbocycles. The van der Waals surface area contributed by atoms with Crippen LogP contribution in [0, 0.1) is 0 Å². The molecule has 0 atom stereocenters. The average molecular weight is 204 g/mol. The molecule has 2 N–H and O–H groups in total. The van der Waals surface area contributed by atoms with Crippen molar-refractivity contribution in [3.8, 4) is 10.6 Å². The standard InChI is InChI=1S/C11H12N2S/c1-2-8-7-13-11(14-8)9-5-3-4-6-10(9)12/h3-7H,2,12H2,1H3. The molecule has 3 heteroatoms. The Hall–Kier alpha value is -1.35. The molecule has 0 bridgehead atoms. The second kappa shape index (κ2) is 3.80. The first-order valence-electron chi connectivity index (χ1n) is 4.61. The van der Waals surface area contributed by atoms with Crippen molar-refractivity contribution in [2.45, 2.75) is 13.3 Å². The predicted molar refractivity (Wildman–Crippen MR) is 61.3 cm³/mol. The summed E-state index contributed by atoms with van der Waals surface area (Å²) >= 11 is 1.71. The van der Waals surface area contributed by atoms with Crippen molar-refractivity contribution in [1.82, 2.24) is 4.98 Å². The monoisotopic (exact) mass is 204 g/mol. The maximum Gasteiger partial charge on any atom is 0.125 e. The van der Waals surface area contributed by atoms with Crippen LogP contribution in [-0.2, 0) is 6.42 Å². The number of hydrogen-bond donors (Lipinski definition) is 1. The Morgan fingerprint density at radius 1 is 1.36 bits per heavy atom. The van der Waals surface area contributed by atoms with Crippen molar-refractivity contribution < 1.29 is 0 Å². The number of thiazole rings is 1. The van der Waals surface area contributed by atoms with E-state index in [4.69, 9.17) is 5.73 Å². The summed E-state index contributed by atoms with van der Waals surface area (Å²) < 4.78 is 0. The summed E-state index contributed by atoms with van der Waals surface area (Å²) in [6.45, 7) is 2.13. The van der Waals surface area contributed by atoms with Gasteiger partial charge < -0.3 is 5.73 Å². The van der Waals surface area contributed by atoms with Crippen molar-refractivity contribution in [3.05, 3.63) is 35.3 Å². The highest BCUT2D eigenvalue weighted by Gasteiger charge is 2.05. The molecule has 2 nitrogen and oxygen atoms in total. The van der Waals surface area contributed by atoms with Crippen LogP contribution >= 0.6 is 11.3 Å². The third-order valence-electron chi connectivity index (χ3n) is 2.09. The molecule has 1 heterocycles. The van der Waals surface area contributed by atoms with E-state index in [1.165, 1.54) is 4.88 Å². The van der Waals surface area contributed by atoms with E-state index in [1.54, 1.807) is 11.3 Å². The molecule has 2 aromatic rings. The Kier molecular flexibility index (Phi) is 2.50. The highest BCUT2D eigenvalue weighted by Crippen LogP contribution is 2.29. The van der Waals surface area contributed by atoms with E-state index < -0.39 is 0 Å². The van der Waals surface area contributed by atoms with Gasteiger partial charge in [-0.25, -0.2) is 4.98 Å². The maximum absolute atomic E-state index is 5.87. The Labute approximate surface area is 87.4 Å². The van der Waals surface area contributed by atoms with Gasteiger partial charge in [-0.3, -0.25) is 0 Å². The second-order valence-electron chi connectivity index (χ2n) is 3.07. The summed E-state index contributed by atoms with van der Waals surface area (Å²) in [4.78, 5) is 5.65. The number of nitrogens with two attached hydrogens (primary N) is 1. The highest BCUT2D eigenvalue weighted by molar-refractivity contribution is 7.15. The van der Waals surface area contributed by atoms with Gasteiger partial charge in [-0.15, -0.1) is 11.3 Å². The lowest BCUT2D eigenvalue weighted by Gasteiger charge is -1.99. The Bertz CT molecular complexity index is 434. The summed E-state index contributed by atoms with van der Waals surface area (Å²) in [6, 6.07) is 7.84. The lowest BCUT2D eigenvalue weighted by molar-refractivity contribution is 1.17.